The molecule has 0 aromatic carbocycles. The van der Waals surface area contributed by atoms with Gasteiger partial charge in [-0.1, -0.05) is 19.9 Å². The van der Waals surface area contributed by atoms with Crippen molar-refractivity contribution in [3.05, 3.63) is 22.4 Å². The molecule has 0 aliphatic carbocycles. The van der Waals surface area contributed by atoms with Gasteiger partial charge in [-0.2, -0.15) is 0 Å². The molecular formula is C17H30N2OS. The van der Waals surface area contributed by atoms with Crippen LogP contribution in [0.4, 0.5) is 0 Å². The number of hydrogen-bond donors (Lipinski definition) is 1. The lowest BCUT2D eigenvalue weighted by Gasteiger charge is -2.33. The van der Waals surface area contributed by atoms with Crippen molar-refractivity contribution >= 4 is 11.3 Å². The second-order valence-electron chi connectivity index (χ2n) is 6.89. The van der Waals surface area contributed by atoms with Gasteiger partial charge < -0.3 is 15.0 Å². The van der Waals surface area contributed by atoms with Crippen LogP contribution in [0.5, 0.6) is 0 Å². The van der Waals surface area contributed by atoms with Crippen molar-refractivity contribution in [1.82, 2.24) is 10.2 Å². The minimum absolute atomic E-state index is 0.305. The zero-order chi connectivity index (χ0) is 15.1. The van der Waals surface area contributed by atoms with E-state index in [4.69, 9.17) is 4.74 Å². The van der Waals surface area contributed by atoms with Gasteiger partial charge in [0.1, 0.15) is 0 Å². The van der Waals surface area contributed by atoms with Crippen molar-refractivity contribution in [3.63, 3.8) is 0 Å². The quantitative estimate of drug-likeness (QED) is 0.759. The zero-order valence-electron chi connectivity index (χ0n) is 13.7. The molecule has 1 aromatic rings. The van der Waals surface area contributed by atoms with Crippen LogP contribution >= 0.6 is 11.3 Å². The Morgan fingerprint density at radius 3 is 2.95 bits per heavy atom. The van der Waals surface area contributed by atoms with Crippen LogP contribution in [-0.4, -0.2) is 51.3 Å². The summed E-state index contributed by atoms with van der Waals surface area (Å²) in [5, 5.41) is 5.80. The standard InChI is InChI=1S/C17H30N2OS/c1-15(2)11-18-12-17(7-9-20-14-17)13-19(3)8-6-16-5-4-10-21-16/h4-5,10,15,18H,6-9,11-14H2,1-3H3. The van der Waals surface area contributed by atoms with Gasteiger partial charge >= 0.3 is 0 Å². The second kappa shape index (κ2) is 8.28. The molecule has 21 heavy (non-hydrogen) atoms. The number of nitrogens with zero attached hydrogens (tertiary/aromatic N) is 1. The van der Waals surface area contributed by atoms with Gasteiger partial charge in [0.05, 0.1) is 6.61 Å². The molecule has 0 saturated carbocycles. The molecule has 1 N–H and O–H groups in total. The van der Waals surface area contributed by atoms with E-state index >= 15 is 0 Å². The Kier molecular flexibility index (Phi) is 6.68. The van der Waals surface area contributed by atoms with Crippen molar-refractivity contribution in [3.8, 4) is 0 Å². The van der Waals surface area contributed by atoms with E-state index in [0.29, 0.717) is 11.3 Å². The summed E-state index contributed by atoms with van der Waals surface area (Å²) in [6.07, 6.45) is 2.34. The summed E-state index contributed by atoms with van der Waals surface area (Å²) in [5.74, 6) is 0.709. The number of rotatable bonds is 9. The zero-order valence-corrected chi connectivity index (χ0v) is 14.5. The number of nitrogens with one attached hydrogen (secondary N) is 1. The molecule has 0 bridgehead atoms. The fraction of sp³-hybridized carbons (Fsp3) is 0.765. The smallest absolute Gasteiger partial charge is 0.0547 e. The highest BCUT2D eigenvalue weighted by Gasteiger charge is 2.35. The molecule has 1 unspecified atom stereocenters. The van der Waals surface area contributed by atoms with Crippen LogP contribution in [0.15, 0.2) is 17.5 Å². The minimum Gasteiger partial charge on any atom is -0.381 e. The molecule has 1 aromatic heterocycles. The Morgan fingerprint density at radius 2 is 2.33 bits per heavy atom. The monoisotopic (exact) mass is 310 g/mol. The van der Waals surface area contributed by atoms with E-state index in [0.717, 1.165) is 45.8 Å². The van der Waals surface area contributed by atoms with Gasteiger partial charge in [-0.25, -0.2) is 0 Å². The van der Waals surface area contributed by atoms with Crippen LogP contribution in [0.1, 0.15) is 25.1 Å². The molecule has 0 amide bonds. The van der Waals surface area contributed by atoms with Gasteiger partial charge in [0, 0.05) is 36.5 Å². The highest BCUT2D eigenvalue weighted by Crippen LogP contribution is 2.29. The van der Waals surface area contributed by atoms with Crippen molar-refractivity contribution in [2.24, 2.45) is 11.3 Å². The Hall–Kier alpha value is -0.420. The number of hydrogen-bond acceptors (Lipinski definition) is 4. The van der Waals surface area contributed by atoms with Gasteiger partial charge in [-0.05, 0) is 43.8 Å². The van der Waals surface area contributed by atoms with E-state index in [-0.39, 0.29) is 0 Å². The van der Waals surface area contributed by atoms with Gasteiger partial charge in [0.15, 0.2) is 0 Å². The van der Waals surface area contributed by atoms with E-state index < -0.39 is 0 Å². The first-order valence-corrected chi connectivity index (χ1v) is 8.97. The third-order valence-corrected chi connectivity index (χ3v) is 5.10. The van der Waals surface area contributed by atoms with Crippen LogP contribution in [-0.2, 0) is 11.2 Å². The third kappa shape index (κ3) is 5.70. The highest BCUT2D eigenvalue weighted by atomic mass is 32.1. The van der Waals surface area contributed by atoms with E-state index in [1.165, 1.54) is 11.3 Å². The molecule has 0 radical (unpaired) electrons. The van der Waals surface area contributed by atoms with Crippen molar-refractivity contribution in [2.45, 2.75) is 26.7 Å². The Bertz CT molecular complexity index is 386. The lowest BCUT2D eigenvalue weighted by Crippen LogP contribution is -2.44. The first kappa shape index (κ1) is 16.9. The summed E-state index contributed by atoms with van der Waals surface area (Å²) >= 11 is 1.86. The molecule has 1 saturated heterocycles. The molecule has 4 heteroatoms. The molecule has 0 spiro atoms. The number of thiophene rings is 1. The topological polar surface area (TPSA) is 24.5 Å². The predicted octanol–water partition coefficient (Wildman–Crippen LogP) is 2.87. The lowest BCUT2D eigenvalue weighted by atomic mass is 9.86. The molecule has 1 aliphatic rings. The van der Waals surface area contributed by atoms with Crippen LogP contribution in [0.2, 0.25) is 0 Å². The van der Waals surface area contributed by atoms with Gasteiger partial charge in [0.2, 0.25) is 0 Å². The SMILES string of the molecule is CC(C)CNCC1(CN(C)CCc2cccs2)CCOC1. The third-order valence-electron chi connectivity index (χ3n) is 4.16. The molecule has 3 nitrogen and oxygen atoms in total. The average molecular weight is 311 g/mol. The van der Waals surface area contributed by atoms with Gasteiger partial charge in [-0.3, -0.25) is 0 Å². The van der Waals surface area contributed by atoms with Crippen molar-refractivity contribution < 1.29 is 4.74 Å². The fourth-order valence-corrected chi connectivity index (χ4v) is 3.70. The van der Waals surface area contributed by atoms with Crippen molar-refractivity contribution in [1.29, 1.82) is 0 Å². The van der Waals surface area contributed by atoms with Gasteiger partial charge in [0.25, 0.3) is 0 Å². The second-order valence-corrected chi connectivity index (χ2v) is 7.93. The Morgan fingerprint density at radius 1 is 1.48 bits per heavy atom. The summed E-state index contributed by atoms with van der Waals surface area (Å²) in [6.45, 7) is 10.8. The maximum absolute atomic E-state index is 5.70. The highest BCUT2D eigenvalue weighted by molar-refractivity contribution is 7.09. The van der Waals surface area contributed by atoms with E-state index in [1.807, 2.05) is 11.3 Å². The average Bonchev–Trinajstić information content (AvgIpc) is 3.08. The molecule has 2 heterocycles. The van der Waals surface area contributed by atoms with Crippen LogP contribution in [0.25, 0.3) is 0 Å². The number of ether oxygens (including phenoxy) is 1. The Labute approximate surface area is 133 Å². The molecule has 1 aliphatic heterocycles. The largest absolute Gasteiger partial charge is 0.381 e. The lowest BCUT2D eigenvalue weighted by molar-refractivity contribution is 0.119. The van der Waals surface area contributed by atoms with E-state index in [1.54, 1.807) is 0 Å². The molecule has 1 fully saturated rings. The predicted molar refractivity (Wildman–Crippen MR) is 91.1 cm³/mol. The van der Waals surface area contributed by atoms with Crippen molar-refractivity contribution in [2.75, 3.05) is 46.4 Å². The first-order chi connectivity index (χ1) is 10.1. The minimum atomic E-state index is 0.305. The normalized spacial score (nSPS) is 22.5. The molecule has 120 valence electrons. The van der Waals surface area contributed by atoms with Crippen LogP contribution in [0, 0.1) is 11.3 Å². The summed E-state index contributed by atoms with van der Waals surface area (Å²) in [6, 6.07) is 4.37. The maximum Gasteiger partial charge on any atom is 0.0547 e. The summed E-state index contributed by atoms with van der Waals surface area (Å²) in [4.78, 5) is 3.96. The first-order valence-electron chi connectivity index (χ1n) is 8.09. The molecule has 2 rings (SSSR count). The maximum atomic E-state index is 5.70. The Balaban J connectivity index is 1.78. The van der Waals surface area contributed by atoms with E-state index in [9.17, 15) is 0 Å². The van der Waals surface area contributed by atoms with E-state index in [2.05, 4.69) is 48.6 Å². The van der Waals surface area contributed by atoms with Gasteiger partial charge in [-0.15, -0.1) is 11.3 Å². The fourth-order valence-electron chi connectivity index (χ4n) is 3.00. The molecular weight excluding hydrogens is 280 g/mol. The summed E-state index contributed by atoms with van der Waals surface area (Å²) < 4.78 is 5.70. The van der Waals surface area contributed by atoms with Crippen LogP contribution in [0.3, 0.4) is 0 Å². The molecule has 1 atom stereocenters. The summed E-state index contributed by atoms with van der Waals surface area (Å²) in [7, 11) is 2.25. The summed E-state index contributed by atoms with van der Waals surface area (Å²) in [5.41, 5.74) is 0.305. The van der Waals surface area contributed by atoms with Crippen LogP contribution < -0.4 is 5.32 Å². The number of likely N-dealkylation sites (N-methyl/N-ethyl adjacent to an activating group) is 1.